The number of carbonyl (C=O) groups excluding carboxylic acids is 2. The predicted molar refractivity (Wildman–Crippen MR) is 159 cm³/mol. The van der Waals surface area contributed by atoms with Crippen LogP contribution >= 0.6 is 0 Å². The Morgan fingerprint density at radius 2 is 1.81 bits per heavy atom. The fraction of sp³-hybridized carbons (Fsp3) is 0.364. The van der Waals surface area contributed by atoms with Gasteiger partial charge in [0.15, 0.2) is 0 Å². The lowest BCUT2D eigenvalue weighted by molar-refractivity contribution is -0.384. The first-order chi connectivity index (χ1) is 20.8. The number of allylic oxidation sites excluding steroid dienone is 1. The molecule has 2 aliphatic heterocycles. The van der Waals surface area contributed by atoms with Crippen molar-refractivity contribution in [3.63, 3.8) is 0 Å². The van der Waals surface area contributed by atoms with Crippen LogP contribution in [0, 0.1) is 16.0 Å². The van der Waals surface area contributed by atoms with Gasteiger partial charge in [0.1, 0.15) is 24.4 Å². The summed E-state index contributed by atoms with van der Waals surface area (Å²) in [5, 5.41) is 11.7. The maximum absolute atomic E-state index is 14.2. The molecule has 2 aromatic carbocycles. The van der Waals surface area contributed by atoms with Crippen molar-refractivity contribution < 1.29 is 28.4 Å². The number of hydrogen-bond acceptors (Lipinski definition) is 9. The second kappa shape index (κ2) is 13.6. The van der Waals surface area contributed by atoms with Crippen molar-refractivity contribution in [2.24, 2.45) is 10.9 Å². The molecule has 3 aromatic rings. The maximum Gasteiger partial charge on any atom is 0.337 e. The van der Waals surface area contributed by atoms with Crippen LogP contribution in [0.1, 0.15) is 62.0 Å². The average Bonchev–Trinajstić information content (AvgIpc) is 3.54. The third kappa shape index (κ3) is 7.09. The molecule has 3 atom stereocenters. The van der Waals surface area contributed by atoms with Crippen LogP contribution in [0.4, 0.5) is 5.69 Å². The van der Waals surface area contributed by atoms with E-state index in [1.165, 1.54) is 24.8 Å². The van der Waals surface area contributed by atoms with Gasteiger partial charge >= 0.3 is 11.9 Å². The largest absolute Gasteiger partial charge is 0.466 e. The van der Waals surface area contributed by atoms with Gasteiger partial charge in [0.05, 0.1) is 16.8 Å². The lowest BCUT2D eigenvalue weighted by Gasteiger charge is -2.33. The molecule has 0 aliphatic carbocycles. The minimum atomic E-state index is -1.01. The number of nitro benzene ring substituents is 1. The molecular formula is C33H35N3O7. The van der Waals surface area contributed by atoms with Crippen LogP contribution in [0.2, 0.25) is 0 Å². The molecule has 0 bridgehead atoms. The molecule has 10 heteroatoms. The minimum Gasteiger partial charge on any atom is -0.466 e. The minimum absolute atomic E-state index is 0.105. The van der Waals surface area contributed by atoms with E-state index in [0.717, 1.165) is 31.5 Å². The number of rotatable bonds is 10. The number of ether oxygens (including phenoxy) is 2. The van der Waals surface area contributed by atoms with Gasteiger partial charge in [0, 0.05) is 36.0 Å². The second-order valence-corrected chi connectivity index (χ2v) is 10.9. The van der Waals surface area contributed by atoms with E-state index in [4.69, 9.17) is 13.9 Å². The standard InChI is InChI=1S/C33H35N3O7/c1-22-29(32(37)42-21-27-15-10-18-41-27)31(25-13-9-14-26(19-25)36(39)40)30(23(2)34-22)33(38)43-28(24-11-5-3-6-12-24)20-35-16-7-4-8-17-35/h3,5-6,9-15,18-19,28-29,31H,4,7-8,16-17,20-21H2,1-2H3. The van der Waals surface area contributed by atoms with Crippen LogP contribution in [-0.4, -0.2) is 47.1 Å². The van der Waals surface area contributed by atoms with Gasteiger partial charge < -0.3 is 13.9 Å². The predicted octanol–water partition coefficient (Wildman–Crippen LogP) is 6.15. The highest BCUT2D eigenvalue weighted by Gasteiger charge is 2.43. The monoisotopic (exact) mass is 585 g/mol. The highest BCUT2D eigenvalue weighted by molar-refractivity contribution is 6.07. The maximum atomic E-state index is 14.2. The van der Waals surface area contributed by atoms with Crippen molar-refractivity contribution in [2.75, 3.05) is 19.6 Å². The van der Waals surface area contributed by atoms with Gasteiger partial charge in [-0.2, -0.15) is 0 Å². The number of likely N-dealkylation sites (tertiary alicyclic amines) is 1. The summed E-state index contributed by atoms with van der Waals surface area (Å²) < 4.78 is 17.2. The van der Waals surface area contributed by atoms with Crippen LogP contribution in [0.15, 0.2) is 93.7 Å². The molecule has 10 nitrogen and oxygen atoms in total. The Balaban J connectivity index is 1.51. The Kier molecular flexibility index (Phi) is 9.46. The van der Waals surface area contributed by atoms with E-state index in [-0.39, 0.29) is 17.9 Å². The van der Waals surface area contributed by atoms with Gasteiger partial charge in [-0.1, -0.05) is 48.9 Å². The van der Waals surface area contributed by atoms with Crippen molar-refractivity contribution in [2.45, 2.75) is 51.7 Å². The van der Waals surface area contributed by atoms with E-state index >= 15 is 0 Å². The lowest BCUT2D eigenvalue weighted by Crippen LogP contribution is -2.38. The molecule has 5 rings (SSSR count). The molecule has 0 N–H and O–H groups in total. The van der Waals surface area contributed by atoms with Crippen molar-refractivity contribution in [1.29, 1.82) is 0 Å². The average molecular weight is 586 g/mol. The Morgan fingerprint density at radius 3 is 2.51 bits per heavy atom. The van der Waals surface area contributed by atoms with E-state index in [0.29, 0.717) is 29.3 Å². The van der Waals surface area contributed by atoms with E-state index < -0.39 is 34.8 Å². The number of benzene rings is 2. The second-order valence-electron chi connectivity index (χ2n) is 10.9. The van der Waals surface area contributed by atoms with Gasteiger partial charge in [-0.3, -0.25) is 24.8 Å². The van der Waals surface area contributed by atoms with Gasteiger partial charge in [-0.05, 0) is 63.0 Å². The zero-order chi connectivity index (χ0) is 30.3. The molecular weight excluding hydrogens is 550 g/mol. The number of hydrogen-bond donors (Lipinski definition) is 0. The van der Waals surface area contributed by atoms with Gasteiger partial charge in [0.25, 0.3) is 5.69 Å². The fourth-order valence-corrected chi connectivity index (χ4v) is 5.87. The normalized spacial score (nSPS) is 19.8. The molecule has 1 fully saturated rings. The number of nitrogens with zero attached hydrogens (tertiary/aromatic N) is 3. The fourth-order valence-electron chi connectivity index (χ4n) is 5.87. The lowest BCUT2D eigenvalue weighted by atomic mass is 9.75. The van der Waals surface area contributed by atoms with Crippen LogP contribution in [0.5, 0.6) is 0 Å². The van der Waals surface area contributed by atoms with Crippen molar-refractivity contribution >= 4 is 23.3 Å². The number of non-ortho nitro benzene ring substituents is 1. The van der Waals surface area contributed by atoms with Crippen LogP contribution in [-0.2, 0) is 25.7 Å². The number of esters is 2. The molecule has 3 unspecified atom stereocenters. The van der Waals surface area contributed by atoms with Crippen molar-refractivity contribution in [3.8, 4) is 0 Å². The number of piperidine rings is 1. The van der Waals surface area contributed by atoms with E-state index in [1.54, 1.807) is 38.1 Å². The third-order valence-electron chi connectivity index (χ3n) is 7.97. The molecule has 1 saturated heterocycles. The first kappa shape index (κ1) is 29.9. The number of nitro groups is 1. The van der Waals surface area contributed by atoms with Crippen LogP contribution in [0.3, 0.4) is 0 Å². The Labute approximate surface area is 250 Å². The highest BCUT2D eigenvalue weighted by Crippen LogP contribution is 2.42. The molecule has 224 valence electrons. The van der Waals surface area contributed by atoms with E-state index in [1.807, 2.05) is 30.3 Å². The number of furan rings is 1. The van der Waals surface area contributed by atoms with Gasteiger partial charge in [-0.25, -0.2) is 4.79 Å². The zero-order valence-electron chi connectivity index (χ0n) is 24.3. The molecule has 43 heavy (non-hydrogen) atoms. The van der Waals surface area contributed by atoms with Gasteiger partial charge in [0.2, 0.25) is 0 Å². The van der Waals surface area contributed by atoms with Gasteiger partial charge in [-0.15, -0.1) is 0 Å². The summed E-state index contributed by atoms with van der Waals surface area (Å²) in [6, 6.07) is 18.9. The Hall–Kier alpha value is -4.57. The van der Waals surface area contributed by atoms with Crippen LogP contribution in [0.25, 0.3) is 0 Å². The van der Waals surface area contributed by atoms with E-state index in [2.05, 4.69) is 9.89 Å². The van der Waals surface area contributed by atoms with Crippen molar-refractivity contribution in [1.82, 2.24) is 4.90 Å². The Bertz CT molecular complexity index is 1510. The summed E-state index contributed by atoms with van der Waals surface area (Å²) >= 11 is 0. The quantitative estimate of drug-likeness (QED) is 0.158. The Morgan fingerprint density at radius 1 is 1.05 bits per heavy atom. The third-order valence-corrected chi connectivity index (χ3v) is 7.97. The topological polar surface area (TPSA) is 124 Å². The molecule has 0 amide bonds. The summed E-state index contributed by atoms with van der Waals surface area (Å²) in [5.41, 5.74) is 2.11. The van der Waals surface area contributed by atoms with Crippen molar-refractivity contribution in [3.05, 3.63) is 111 Å². The zero-order valence-corrected chi connectivity index (χ0v) is 24.3. The summed E-state index contributed by atoms with van der Waals surface area (Å²) in [7, 11) is 0. The molecule has 0 saturated carbocycles. The van der Waals surface area contributed by atoms with E-state index in [9.17, 15) is 19.7 Å². The first-order valence-corrected chi connectivity index (χ1v) is 14.5. The number of aliphatic imine (C=N–C) groups is 1. The highest BCUT2D eigenvalue weighted by atomic mass is 16.6. The van der Waals surface area contributed by atoms with Crippen LogP contribution < -0.4 is 0 Å². The molecule has 0 spiro atoms. The molecule has 1 aromatic heterocycles. The molecule has 2 aliphatic rings. The first-order valence-electron chi connectivity index (χ1n) is 14.5. The SMILES string of the molecule is CC1=NC(C)=C(C(=O)OC(CN2CCCCC2)c2ccccc2)C(c2cccc([N+](=O)[O-])c2)C1C(=O)OCc1ccco1. The summed E-state index contributed by atoms with van der Waals surface area (Å²) in [6.45, 7) is 5.65. The smallest absolute Gasteiger partial charge is 0.337 e. The summed E-state index contributed by atoms with van der Waals surface area (Å²) in [5.74, 6) is -2.72. The number of carbonyl (C=O) groups is 2. The molecule has 3 heterocycles. The molecule has 0 radical (unpaired) electrons. The summed E-state index contributed by atoms with van der Waals surface area (Å²) in [6.07, 6.45) is 4.27. The summed E-state index contributed by atoms with van der Waals surface area (Å²) in [4.78, 5) is 45.9.